The van der Waals surface area contributed by atoms with E-state index in [-0.39, 0.29) is 24.8 Å². The first-order chi connectivity index (χ1) is 7.86. The third-order valence-corrected chi connectivity index (χ3v) is 2.92. The SMILES string of the molecule is CC(C)(CC(=O)O)N1CC(CN=[N+]=[N-])CC1=O. The Morgan fingerprint density at radius 1 is 1.71 bits per heavy atom. The van der Waals surface area contributed by atoms with Gasteiger partial charge in [0.1, 0.15) is 0 Å². The predicted molar refractivity (Wildman–Crippen MR) is 60.2 cm³/mol. The van der Waals surface area contributed by atoms with Gasteiger partial charge >= 0.3 is 5.97 Å². The predicted octanol–water partition coefficient (Wildman–Crippen LogP) is 1.40. The van der Waals surface area contributed by atoms with Gasteiger partial charge in [-0.2, -0.15) is 0 Å². The van der Waals surface area contributed by atoms with Gasteiger partial charge in [0.2, 0.25) is 5.91 Å². The second-order valence-corrected chi connectivity index (χ2v) is 4.87. The summed E-state index contributed by atoms with van der Waals surface area (Å²) in [5.74, 6) is -1.01. The van der Waals surface area contributed by atoms with Crippen molar-refractivity contribution in [3.05, 3.63) is 10.4 Å². The van der Waals surface area contributed by atoms with Gasteiger partial charge in [-0.25, -0.2) is 0 Å². The van der Waals surface area contributed by atoms with Crippen molar-refractivity contribution in [3.8, 4) is 0 Å². The third kappa shape index (κ3) is 3.35. The van der Waals surface area contributed by atoms with Crippen molar-refractivity contribution in [1.29, 1.82) is 0 Å². The first-order valence-electron chi connectivity index (χ1n) is 5.40. The zero-order valence-corrected chi connectivity index (χ0v) is 9.96. The van der Waals surface area contributed by atoms with Crippen LogP contribution in [-0.2, 0) is 9.59 Å². The van der Waals surface area contributed by atoms with E-state index in [1.54, 1.807) is 18.7 Å². The van der Waals surface area contributed by atoms with Gasteiger partial charge in [0.05, 0.1) is 6.42 Å². The van der Waals surface area contributed by atoms with Gasteiger partial charge in [-0.15, -0.1) is 0 Å². The number of amides is 1. The van der Waals surface area contributed by atoms with Crippen molar-refractivity contribution in [2.45, 2.75) is 32.2 Å². The Morgan fingerprint density at radius 3 is 2.88 bits per heavy atom. The summed E-state index contributed by atoms with van der Waals surface area (Å²) in [7, 11) is 0. The van der Waals surface area contributed by atoms with E-state index in [1.165, 1.54) is 0 Å². The maximum atomic E-state index is 11.8. The fraction of sp³-hybridized carbons (Fsp3) is 0.800. The molecule has 1 rings (SSSR count). The number of azide groups is 1. The minimum absolute atomic E-state index is 0.00790. The molecule has 7 nitrogen and oxygen atoms in total. The highest BCUT2D eigenvalue weighted by Gasteiger charge is 2.39. The smallest absolute Gasteiger partial charge is 0.305 e. The summed E-state index contributed by atoms with van der Waals surface area (Å²) in [5, 5.41) is 12.2. The molecular formula is C10H16N4O3. The van der Waals surface area contributed by atoms with Gasteiger partial charge < -0.3 is 10.0 Å². The van der Waals surface area contributed by atoms with Crippen LogP contribution in [0.4, 0.5) is 0 Å². The van der Waals surface area contributed by atoms with Crippen LogP contribution in [0.3, 0.4) is 0 Å². The number of hydrogen-bond acceptors (Lipinski definition) is 3. The van der Waals surface area contributed by atoms with E-state index < -0.39 is 11.5 Å². The molecule has 1 heterocycles. The lowest BCUT2D eigenvalue weighted by Gasteiger charge is -2.34. The fourth-order valence-corrected chi connectivity index (χ4v) is 2.11. The lowest BCUT2D eigenvalue weighted by molar-refractivity contribution is -0.142. The van der Waals surface area contributed by atoms with Crippen molar-refractivity contribution in [1.82, 2.24) is 4.90 Å². The number of likely N-dealkylation sites (tertiary alicyclic amines) is 1. The molecular weight excluding hydrogens is 224 g/mol. The van der Waals surface area contributed by atoms with Crippen molar-refractivity contribution < 1.29 is 14.7 Å². The standard InChI is InChI=1S/C10H16N4O3/c1-10(2,4-9(16)17)14-6-7(3-8(14)15)5-12-13-11/h7H,3-6H2,1-2H3,(H,16,17). The molecule has 94 valence electrons. The fourth-order valence-electron chi connectivity index (χ4n) is 2.11. The Hall–Kier alpha value is -1.75. The molecule has 0 radical (unpaired) electrons. The van der Waals surface area contributed by atoms with E-state index in [1.807, 2.05) is 0 Å². The van der Waals surface area contributed by atoms with Crippen molar-refractivity contribution in [3.63, 3.8) is 0 Å². The van der Waals surface area contributed by atoms with E-state index in [0.717, 1.165) is 0 Å². The van der Waals surface area contributed by atoms with E-state index in [2.05, 4.69) is 10.0 Å². The molecule has 1 saturated heterocycles. The molecule has 1 aliphatic heterocycles. The van der Waals surface area contributed by atoms with Crippen LogP contribution in [-0.4, -0.2) is 40.5 Å². The van der Waals surface area contributed by atoms with Gasteiger partial charge in [0.15, 0.2) is 0 Å². The van der Waals surface area contributed by atoms with Gasteiger partial charge in [0, 0.05) is 30.0 Å². The van der Waals surface area contributed by atoms with E-state index in [9.17, 15) is 9.59 Å². The molecule has 1 N–H and O–H groups in total. The topological polar surface area (TPSA) is 106 Å². The Labute approximate surface area is 99.0 Å². The number of carbonyl (C=O) groups is 2. The number of carboxylic acids is 1. The quantitative estimate of drug-likeness (QED) is 0.445. The van der Waals surface area contributed by atoms with Crippen molar-refractivity contribution in [2.75, 3.05) is 13.1 Å². The minimum atomic E-state index is -0.929. The number of rotatable bonds is 5. The zero-order valence-electron chi connectivity index (χ0n) is 9.96. The highest BCUT2D eigenvalue weighted by molar-refractivity contribution is 5.80. The van der Waals surface area contributed by atoms with Gasteiger partial charge in [-0.3, -0.25) is 9.59 Å². The molecule has 0 saturated carbocycles. The van der Waals surface area contributed by atoms with Crippen LogP contribution in [0.25, 0.3) is 10.4 Å². The largest absolute Gasteiger partial charge is 0.481 e. The van der Waals surface area contributed by atoms with Crippen molar-refractivity contribution in [2.24, 2.45) is 11.0 Å². The first-order valence-corrected chi connectivity index (χ1v) is 5.40. The summed E-state index contributed by atoms with van der Waals surface area (Å²) in [6.07, 6.45) is 0.231. The van der Waals surface area contributed by atoms with Crippen LogP contribution in [0.2, 0.25) is 0 Å². The Morgan fingerprint density at radius 2 is 2.35 bits per heavy atom. The monoisotopic (exact) mass is 240 g/mol. The highest BCUT2D eigenvalue weighted by Crippen LogP contribution is 2.28. The molecule has 7 heteroatoms. The first kappa shape index (κ1) is 13.3. The Bertz CT molecular complexity index is 374. The van der Waals surface area contributed by atoms with Crippen LogP contribution >= 0.6 is 0 Å². The summed E-state index contributed by atoms with van der Waals surface area (Å²) in [6, 6.07) is 0. The molecule has 0 aromatic rings. The number of carbonyl (C=O) groups excluding carboxylic acids is 1. The lowest BCUT2D eigenvalue weighted by atomic mass is 9.98. The molecule has 0 spiro atoms. The molecule has 0 aliphatic carbocycles. The summed E-state index contributed by atoms with van der Waals surface area (Å²) in [4.78, 5) is 26.7. The molecule has 1 amide bonds. The second-order valence-electron chi connectivity index (χ2n) is 4.87. The van der Waals surface area contributed by atoms with E-state index in [4.69, 9.17) is 10.6 Å². The Balaban J connectivity index is 2.69. The maximum absolute atomic E-state index is 11.8. The molecule has 0 bridgehead atoms. The van der Waals surface area contributed by atoms with Gasteiger partial charge in [-0.1, -0.05) is 5.11 Å². The number of aliphatic carboxylic acids is 1. The zero-order chi connectivity index (χ0) is 13.1. The molecule has 17 heavy (non-hydrogen) atoms. The van der Waals surface area contributed by atoms with Crippen LogP contribution in [0.5, 0.6) is 0 Å². The summed E-state index contributed by atoms with van der Waals surface area (Å²) in [6.45, 7) is 4.20. The third-order valence-electron chi connectivity index (χ3n) is 2.92. The normalized spacial score (nSPS) is 20.2. The van der Waals surface area contributed by atoms with Crippen molar-refractivity contribution >= 4 is 11.9 Å². The highest BCUT2D eigenvalue weighted by atomic mass is 16.4. The maximum Gasteiger partial charge on any atom is 0.305 e. The average Bonchev–Trinajstić information content (AvgIpc) is 2.55. The lowest BCUT2D eigenvalue weighted by Crippen LogP contribution is -2.46. The second kappa shape index (κ2) is 5.05. The number of carboxylic acid groups (broad SMARTS) is 1. The van der Waals surface area contributed by atoms with E-state index >= 15 is 0 Å². The molecule has 0 aromatic carbocycles. The molecule has 0 aromatic heterocycles. The number of nitrogens with zero attached hydrogens (tertiary/aromatic N) is 4. The van der Waals surface area contributed by atoms with Gasteiger partial charge in [-0.05, 0) is 25.3 Å². The van der Waals surface area contributed by atoms with Gasteiger partial charge in [0.25, 0.3) is 0 Å². The molecule has 1 unspecified atom stereocenters. The molecule has 1 fully saturated rings. The summed E-state index contributed by atoms with van der Waals surface area (Å²) in [5.41, 5.74) is 7.52. The van der Waals surface area contributed by atoms with Crippen LogP contribution < -0.4 is 0 Å². The van der Waals surface area contributed by atoms with Crippen LogP contribution in [0, 0.1) is 5.92 Å². The number of hydrogen-bond donors (Lipinski definition) is 1. The minimum Gasteiger partial charge on any atom is -0.481 e. The Kier molecular flexibility index (Phi) is 3.96. The molecule has 1 aliphatic rings. The molecule has 1 atom stereocenters. The summed E-state index contributed by atoms with van der Waals surface area (Å²) < 4.78 is 0. The van der Waals surface area contributed by atoms with Crippen LogP contribution in [0.1, 0.15) is 26.7 Å². The summed E-state index contributed by atoms with van der Waals surface area (Å²) >= 11 is 0. The average molecular weight is 240 g/mol. The van der Waals surface area contributed by atoms with E-state index in [0.29, 0.717) is 13.0 Å². The van der Waals surface area contributed by atoms with Crippen LogP contribution in [0.15, 0.2) is 5.11 Å².